The molecule has 0 atom stereocenters. The van der Waals surface area contributed by atoms with Crippen molar-refractivity contribution in [2.24, 2.45) is 5.73 Å². The molecule has 2 rings (SSSR count). The van der Waals surface area contributed by atoms with Crippen molar-refractivity contribution >= 4 is 33.1 Å². The average Bonchev–Trinajstić information content (AvgIpc) is 2.40. The molecule has 110 valence electrons. The molecule has 21 heavy (non-hydrogen) atoms. The molecular formula is C16H15BrFNOS. The molecule has 0 radical (unpaired) electrons. The Morgan fingerprint density at radius 3 is 2.57 bits per heavy atom. The van der Waals surface area contributed by atoms with Crippen LogP contribution in [-0.2, 0) is 0 Å². The van der Waals surface area contributed by atoms with Gasteiger partial charge >= 0.3 is 0 Å². The lowest BCUT2D eigenvalue weighted by atomic mass is 10.0. The van der Waals surface area contributed by atoms with Gasteiger partial charge in [0, 0.05) is 4.47 Å². The van der Waals surface area contributed by atoms with E-state index in [9.17, 15) is 4.39 Å². The van der Waals surface area contributed by atoms with Gasteiger partial charge in [-0.1, -0.05) is 48.1 Å². The molecule has 0 heterocycles. The van der Waals surface area contributed by atoms with E-state index in [0.29, 0.717) is 11.5 Å². The Labute approximate surface area is 137 Å². The van der Waals surface area contributed by atoms with Crippen LogP contribution in [0.2, 0.25) is 0 Å². The Morgan fingerprint density at radius 1 is 1.24 bits per heavy atom. The van der Waals surface area contributed by atoms with E-state index in [2.05, 4.69) is 29.8 Å². The van der Waals surface area contributed by atoms with Crippen LogP contribution in [0.25, 0.3) is 0 Å². The molecule has 2 nitrogen and oxygen atoms in total. The predicted molar refractivity (Wildman–Crippen MR) is 90.6 cm³/mol. The number of halogens is 2. The fraction of sp³-hybridized carbons (Fsp3) is 0.188. The number of rotatable bonds is 4. The maximum atomic E-state index is 13.9. The predicted octanol–water partition coefficient (Wildman–Crippen LogP) is 5.14. The maximum absolute atomic E-state index is 13.9. The molecule has 0 saturated carbocycles. The first-order valence-corrected chi connectivity index (χ1v) is 7.66. The summed E-state index contributed by atoms with van der Waals surface area (Å²) in [5, 5.41) is 0. The first-order valence-electron chi connectivity index (χ1n) is 6.45. The van der Waals surface area contributed by atoms with E-state index < -0.39 is 5.82 Å². The monoisotopic (exact) mass is 367 g/mol. The summed E-state index contributed by atoms with van der Waals surface area (Å²) in [5.41, 5.74) is 6.74. The molecular weight excluding hydrogens is 353 g/mol. The molecule has 0 aromatic heterocycles. The highest BCUT2D eigenvalue weighted by Crippen LogP contribution is 2.34. The van der Waals surface area contributed by atoms with Gasteiger partial charge in [0.15, 0.2) is 0 Å². The summed E-state index contributed by atoms with van der Waals surface area (Å²) in [6, 6.07) is 10.2. The zero-order valence-corrected chi connectivity index (χ0v) is 14.1. The van der Waals surface area contributed by atoms with Gasteiger partial charge < -0.3 is 10.5 Å². The fourth-order valence-electron chi connectivity index (χ4n) is 2.01. The third-order valence-corrected chi connectivity index (χ3v) is 3.73. The zero-order chi connectivity index (χ0) is 15.6. The van der Waals surface area contributed by atoms with Crippen LogP contribution in [-0.4, -0.2) is 4.99 Å². The van der Waals surface area contributed by atoms with E-state index in [1.165, 1.54) is 6.07 Å². The maximum Gasteiger partial charge on any atom is 0.140 e. The Balaban J connectivity index is 2.49. The van der Waals surface area contributed by atoms with Crippen LogP contribution in [0.3, 0.4) is 0 Å². The average molecular weight is 368 g/mol. The molecule has 0 bridgehead atoms. The lowest BCUT2D eigenvalue weighted by Crippen LogP contribution is -2.13. The normalized spacial score (nSPS) is 10.7. The summed E-state index contributed by atoms with van der Waals surface area (Å²) in [6.45, 7) is 4.13. The highest BCUT2D eigenvalue weighted by Gasteiger charge is 2.15. The van der Waals surface area contributed by atoms with E-state index >= 15 is 0 Å². The summed E-state index contributed by atoms with van der Waals surface area (Å²) in [4.78, 5) is -0.0219. The minimum atomic E-state index is -0.483. The van der Waals surface area contributed by atoms with Crippen LogP contribution in [0, 0.1) is 5.82 Å². The van der Waals surface area contributed by atoms with Gasteiger partial charge in [-0.25, -0.2) is 4.39 Å². The quantitative estimate of drug-likeness (QED) is 0.759. The van der Waals surface area contributed by atoms with Crippen LogP contribution in [0.1, 0.15) is 30.9 Å². The standard InChI is InChI=1S/C16H15BrFNOS/c1-9(2)11-8-10(17)6-7-13(11)20-14-5-3-4-12(18)15(14)16(19)21/h3-9H,1-2H3,(H2,19,21). The molecule has 0 aliphatic rings. The van der Waals surface area contributed by atoms with E-state index in [4.69, 9.17) is 22.7 Å². The van der Waals surface area contributed by atoms with Gasteiger partial charge in [0.1, 0.15) is 22.3 Å². The summed E-state index contributed by atoms with van der Waals surface area (Å²) in [5.74, 6) is 0.769. The number of hydrogen-bond donors (Lipinski definition) is 1. The van der Waals surface area contributed by atoms with E-state index in [-0.39, 0.29) is 16.5 Å². The van der Waals surface area contributed by atoms with Gasteiger partial charge in [0.25, 0.3) is 0 Å². The lowest BCUT2D eigenvalue weighted by Gasteiger charge is -2.16. The third kappa shape index (κ3) is 3.60. The molecule has 0 amide bonds. The van der Waals surface area contributed by atoms with Crippen molar-refractivity contribution in [1.82, 2.24) is 0 Å². The number of ether oxygens (including phenoxy) is 1. The van der Waals surface area contributed by atoms with Crippen molar-refractivity contribution in [3.05, 3.63) is 57.8 Å². The van der Waals surface area contributed by atoms with Gasteiger partial charge in [-0.2, -0.15) is 0 Å². The number of nitrogens with two attached hydrogens (primary N) is 1. The van der Waals surface area contributed by atoms with E-state index in [1.807, 2.05) is 18.2 Å². The van der Waals surface area contributed by atoms with Gasteiger partial charge in [-0.05, 0) is 41.8 Å². The molecule has 0 spiro atoms. The number of benzene rings is 2. The molecule has 0 unspecified atom stereocenters. The minimum absolute atomic E-state index is 0.0219. The number of hydrogen-bond acceptors (Lipinski definition) is 2. The second-order valence-electron chi connectivity index (χ2n) is 4.92. The molecule has 0 aliphatic carbocycles. The molecule has 2 N–H and O–H groups in total. The van der Waals surface area contributed by atoms with Crippen molar-refractivity contribution in [2.45, 2.75) is 19.8 Å². The second-order valence-corrected chi connectivity index (χ2v) is 6.27. The first-order chi connectivity index (χ1) is 9.90. The summed E-state index contributed by atoms with van der Waals surface area (Å²) in [6.07, 6.45) is 0. The lowest BCUT2D eigenvalue weighted by molar-refractivity contribution is 0.466. The van der Waals surface area contributed by atoms with Crippen molar-refractivity contribution in [2.75, 3.05) is 0 Å². The second kappa shape index (κ2) is 6.54. The van der Waals surface area contributed by atoms with Crippen LogP contribution < -0.4 is 10.5 Å². The van der Waals surface area contributed by atoms with Crippen molar-refractivity contribution in [1.29, 1.82) is 0 Å². The molecule has 0 aliphatic heterocycles. The highest BCUT2D eigenvalue weighted by molar-refractivity contribution is 9.10. The number of thiocarbonyl (C=S) groups is 1. The Morgan fingerprint density at radius 2 is 1.95 bits per heavy atom. The molecule has 5 heteroatoms. The van der Waals surface area contributed by atoms with Crippen molar-refractivity contribution < 1.29 is 9.13 Å². The topological polar surface area (TPSA) is 35.2 Å². The summed E-state index contributed by atoms with van der Waals surface area (Å²) >= 11 is 8.35. The van der Waals surface area contributed by atoms with Gasteiger partial charge in [0.05, 0.1) is 5.56 Å². The highest BCUT2D eigenvalue weighted by atomic mass is 79.9. The minimum Gasteiger partial charge on any atom is -0.456 e. The SMILES string of the molecule is CC(C)c1cc(Br)ccc1Oc1cccc(F)c1C(N)=S. The zero-order valence-electron chi connectivity index (χ0n) is 11.7. The summed E-state index contributed by atoms with van der Waals surface area (Å²) < 4.78 is 20.7. The van der Waals surface area contributed by atoms with Crippen LogP contribution >= 0.6 is 28.1 Å². The molecule has 0 saturated heterocycles. The van der Waals surface area contributed by atoms with Crippen LogP contribution in [0.15, 0.2) is 40.9 Å². The van der Waals surface area contributed by atoms with Gasteiger partial charge in [-0.3, -0.25) is 0 Å². The molecule has 2 aromatic carbocycles. The Bertz CT molecular complexity index is 688. The largest absolute Gasteiger partial charge is 0.456 e. The van der Waals surface area contributed by atoms with Gasteiger partial charge in [0.2, 0.25) is 0 Å². The van der Waals surface area contributed by atoms with E-state index in [1.54, 1.807) is 12.1 Å². The van der Waals surface area contributed by atoms with Crippen LogP contribution in [0.4, 0.5) is 4.39 Å². The molecule has 0 fully saturated rings. The third-order valence-electron chi connectivity index (χ3n) is 3.04. The van der Waals surface area contributed by atoms with Crippen molar-refractivity contribution in [3.8, 4) is 11.5 Å². The van der Waals surface area contributed by atoms with Gasteiger partial charge in [-0.15, -0.1) is 0 Å². The smallest absolute Gasteiger partial charge is 0.140 e. The Kier molecular flexibility index (Phi) is 4.96. The summed E-state index contributed by atoms with van der Waals surface area (Å²) in [7, 11) is 0. The Hall–Kier alpha value is -1.46. The van der Waals surface area contributed by atoms with Crippen LogP contribution in [0.5, 0.6) is 11.5 Å². The van der Waals surface area contributed by atoms with Crippen molar-refractivity contribution in [3.63, 3.8) is 0 Å². The first kappa shape index (κ1) is 15.9. The fourth-order valence-corrected chi connectivity index (χ4v) is 2.59. The van der Waals surface area contributed by atoms with E-state index in [0.717, 1.165) is 10.0 Å². The molecule has 2 aromatic rings.